The van der Waals surface area contributed by atoms with E-state index < -0.39 is 15.3 Å². The van der Waals surface area contributed by atoms with E-state index in [1.807, 2.05) is 6.92 Å². The first-order valence-electron chi connectivity index (χ1n) is 6.52. The maximum atomic E-state index is 12.0. The van der Waals surface area contributed by atoms with Crippen molar-refractivity contribution in [2.75, 3.05) is 19.6 Å². The lowest BCUT2D eigenvalue weighted by Crippen LogP contribution is -2.44. The number of likely N-dealkylation sites (tertiary alicyclic amines) is 1. The van der Waals surface area contributed by atoms with Crippen LogP contribution in [0.5, 0.6) is 0 Å². The molecule has 2 aliphatic rings. The zero-order valence-corrected chi connectivity index (χ0v) is 11.2. The Hall–Kier alpha value is -0.170. The predicted molar refractivity (Wildman–Crippen MR) is 68.2 cm³/mol. The van der Waals surface area contributed by atoms with Crippen molar-refractivity contribution < 1.29 is 8.42 Å². The van der Waals surface area contributed by atoms with Crippen LogP contribution in [-0.2, 0) is 10.0 Å². The molecule has 0 aromatic heterocycles. The highest BCUT2D eigenvalue weighted by Gasteiger charge is 2.36. The number of sulfonamides is 1. The quantitative estimate of drug-likeness (QED) is 0.699. The molecule has 1 saturated carbocycles. The molecule has 0 amide bonds. The van der Waals surface area contributed by atoms with E-state index in [0.717, 1.165) is 25.6 Å². The third kappa shape index (κ3) is 3.19. The highest BCUT2D eigenvalue weighted by Crippen LogP contribution is 2.30. The van der Waals surface area contributed by atoms with E-state index in [4.69, 9.17) is 5.73 Å². The lowest BCUT2D eigenvalue weighted by Gasteiger charge is -2.19. The van der Waals surface area contributed by atoms with Crippen molar-refractivity contribution in [3.05, 3.63) is 0 Å². The van der Waals surface area contributed by atoms with Crippen LogP contribution < -0.4 is 10.5 Å². The van der Waals surface area contributed by atoms with Crippen LogP contribution in [0.2, 0.25) is 0 Å². The Morgan fingerprint density at radius 3 is 2.65 bits per heavy atom. The number of nitrogens with zero attached hydrogens (tertiary/aromatic N) is 1. The van der Waals surface area contributed by atoms with Crippen LogP contribution in [-0.4, -0.2) is 50.3 Å². The van der Waals surface area contributed by atoms with Gasteiger partial charge in [0.25, 0.3) is 0 Å². The minimum absolute atomic E-state index is 0.0844. The molecule has 2 fully saturated rings. The molecule has 1 saturated heterocycles. The minimum atomic E-state index is -3.24. The van der Waals surface area contributed by atoms with E-state index in [1.165, 1.54) is 12.8 Å². The van der Waals surface area contributed by atoms with Crippen molar-refractivity contribution in [3.63, 3.8) is 0 Å². The lowest BCUT2D eigenvalue weighted by atomic mass is 10.3. The third-order valence-corrected chi connectivity index (χ3v) is 5.84. The molecule has 2 atom stereocenters. The van der Waals surface area contributed by atoms with Gasteiger partial charge in [-0.25, -0.2) is 13.1 Å². The highest BCUT2D eigenvalue weighted by molar-refractivity contribution is 7.90. The molecule has 100 valence electrons. The van der Waals surface area contributed by atoms with Crippen molar-refractivity contribution in [2.24, 2.45) is 5.73 Å². The lowest BCUT2D eigenvalue weighted by molar-refractivity contribution is 0.322. The van der Waals surface area contributed by atoms with Crippen LogP contribution in [0.3, 0.4) is 0 Å². The van der Waals surface area contributed by atoms with E-state index in [-0.39, 0.29) is 12.6 Å². The molecule has 0 radical (unpaired) electrons. The zero-order chi connectivity index (χ0) is 12.5. The molecular formula is C11H23N3O2S. The standard InChI is InChI=1S/C11H23N3O2S/c1-2-11(7-12)17(15,16)13-9-5-6-14(8-9)10-3-4-10/h9-11,13H,2-8,12H2,1H3. The van der Waals surface area contributed by atoms with Gasteiger partial charge >= 0.3 is 0 Å². The average Bonchev–Trinajstić information content (AvgIpc) is 3.02. The van der Waals surface area contributed by atoms with Crippen LogP contribution in [0.15, 0.2) is 0 Å². The first-order chi connectivity index (χ1) is 8.06. The summed E-state index contributed by atoms with van der Waals surface area (Å²) in [6.07, 6.45) is 4.06. The molecular weight excluding hydrogens is 238 g/mol. The van der Waals surface area contributed by atoms with Gasteiger partial charge < -0.3 is 5.73 Å². The van der Waals surface area contributed by atoms with Crippen molar-refractivity contribution >= 4 is 10.0 Å². The van der Waals surface area contributed by atoms with Gasteiger partial charge in [-0.3, -0.25) is 4.90 Å². The Morgan fingerprint density at radius 1 is 1.41 bits per heavy atom. The van der Waals surface area contributed by atoms with Crippen molar-refractivity contribution in [1.82, 2.24) is 9.62 Å². The maximum absolute atomic E-state index is 12.0. The molecule has 3 N–H and O–H groups in total. The number of hydrogen-bond donors (Lipinski definition) is 2. The fourth-order valence-corrected chi connectivity index (χ4v) is 4.04. The molecule has 0 bridgehead atoms. The van der Waals surface area contributed by atoms with Crippen LogP contribution in [0.1, 0.15) is 32.6 Å². The Kier molecular flexibility index (Phi) is 4.07. The van der Waals surface area contributed by atoms with Crippen LogP contribution in [0.4, 0.5) is 0 Å². The third-order valence-electron chi connectivity index (χ3n) is 3.77. The molecule has 5 nitrogen and oxygen atoms in total. The summed E-state index contributed by atoms with van der Waals surface area (Å²) in [6, 6.07) is 0.808. The van der Waals surface area contributed by atoms with Gasteiger partial charge in [0, 0.05) is 31.7 Å². The summed E-state index contributed by atoms with van der Waals surface area (Å²) in [6.45, 7) is 3.95. The van der Waals surface area contributed by atoms with E-state index in [9.17, 15) is 8.42 Å². The van der Waals surface area contributed by atoms with Crippen LogP contribution in [0.25, 0.3) is 0 Å². The summed E-state index contributed by atoms with van der Waals surface area (Å²) in [5, 5.41) is -0.447. The smallest absolute Gasteiger partial charge is 0.216 e. The molecule has 1 heterocycles. The van der Waals surface area contributed by atoms with Gasteiger partial charge in [0.05, 0.1) is 5.25 Å². The second-order valence-electron chi connectivity index (χ2n) is 5.14. The molecule has 6 heteroatoms. The summed E-state index contributed by atoms with van der Waals surface area (Å²) in [5.41, 5.74) is 5.50. The fraction of sp³-hybridized carbons (Fsp3) is 1.00. The second-order valence-corrected chi connectivity index (χ2v) is 7.13. The zero-order valence-electron chi connectivity index (χ0n) is 10.4. The largest absolute Gasteiger partial charge is 0.329 e. The predicted octanol–water partition coefficient (Wildman–Crippen LogP) is -0.120. The van der Waals surface area contributed by atoms with Crippen LogP contribution in [0, 0.1) is 0 Å². The minimum Gasteiger partial charge on any atom is -0.329 e. The monoisotopic (exact) mass is 261 g/mol. The summed E-state index contributed by atoms with van der Waals surface area (Å²) >= 11 is 0. The van der Waals surface area contributed by atoms with Crippen molar-refractivity contribution in [3.8, 4) is 0 Å². The Morgan fingerprint density at radius 2 is 2.12 bits per heavy atom. The van der Waals surface area contributed by atoms with Gasteiger partial charge in [0.15, 0.2) is 0 Å². The SMILES string of the molecule is CCC(CN)S(=O)(=O)NC1CCN(C2CC2)C1. The first kappa shape index (κ1) is 13.3. The summed E-state index contributed by atoms with van der Waals surface area (Å²) in [4.78, 5) is 2.40. The van der Waals surface area contributed by atoms with Crippen molar-refractivity contribution in [2.45, 2.75) is 49.9 Å². The fourth-order valence-electron chi connectivity index (χ4n) is 2.50. The normalized spacial score (nSPS) is 28.5. The van der Waals surface area contributed by atoms with E-state index in [1.54, 1.807) is 0 Å². The topological polar surface area (TPSA) is 75.4 Å². The van der Waals surface area contributed by atoms with Gasteiger partial charge in [-0.05, 0) is 25.7 Å². The first-order valence-corrected chi connectivity index (χ1v) is 8.06. The number of hydrogen-bond acceptors (Lipinski definition) is 4. The molecule has 0 aromatic rings. The number of rotatable bonds is 6. The summed E-state index contributed by atoms with van der Waals surface area (Å²) in [5.74, 6) is 0. The second kappa shape index (κ2) is 5.22. The van der Waals surface area contributed by atoms with Gasteiger partial charge in [0.2, 0.25) is 10.0 Å². The molecule has 0 aromatic carbocycles. The molecule has 2 rings (SSSR count). The summed E-state index contributed by atoms with van der Waals surface area (Å²) < 4.78 is 26.9. The molecule has 0 spiro atoms. The van der Waals surface area contributed by atoms with E-state index in [0.29, 0.717) is 6.42 Å². The van der Waals surface area contributed by atoms with Gasteiger partial charge in [-0.15, -0.1) is 0 Å². The summed E-state index contributed by atoms with van der Waals surface area (Å²) in [7, 11) is -3.24. The average molecular weight is 261 g/mol. The maximum Gasteiger partial charge on any atom is 0.216 e. The van der Waals surface area contributed by atoms with Crippen molar-refractivity contribution in [1.29, 1.82) is 0 Å². The Bertz CT molecular complexity index is 350. The molecule has 2 unspecified atom stereocenters. The van der Waals surface area contributed by atoms with Gasteiger partial charge in [0.1, 0.15) is 0 Å². The molecule has 1 aliphatic carbocycles. The molecule has 1 aliphatic heterocycles. The van der Waals surface area contributed by atoms with Gasteiger partial charge in [-0.2, -0.15) is 0 Å². The van der Waals surface area contributed by atoms with Gasteiger partial charge in [-0.1, -0.05) is 6.92 Å². The Balaban J connectivity index is 1.88. The number of nitrogens with one attached hydrogen (secondary N) is 1. The Labute approximate surface area is 104 Å². The number of nitrogens with two attached hydrogens (primary N) is 1. The highest BCUT2D eigenvalue weighted by atomic mass is 32.2. The molecule has 17 heavy (non-hydrogen) atoms. The van der Waals surface area contributed by atoms with E-state index >= 15 is 0 Å². The van der Waals surface area contributed by atoms with Crippen LogP contribution >= 0.6 is 0 Å². The van der Waals surface area contributed by atoms with E-state index in [2.05, 4.69) is 9.62 Å².